The smallest absolute Gasteiger partial charge is 0.334 e. The molecular weight excluding hydrogens is 256 g/mol. The van der Waals surface area contributed by atoms with Crippen LogP contribution in [0.3, 0.4) is 0 Å². The number of aryl methyl sites for hydroxylation is 3. The predicted octanol–water partition coefficient (Wildman–Crippen LogP) is 3.33. The lowest BCUT2D eigenvalue weighted by Crippen LogP contribution is -1.96. The number of nitro groups is 1. The highest BCUT2D eigenvalue weighted by Gasteiger charge is 2.23. The van der Waals surface area contributed by atoms with Crippen LogP contribution >= 0.6 is 11.6 Å². The zero-order valence-electron chi connectivity index (χ0n) is 9.72. The monoisotopic (exact) mass is 266 g/mol. The van der Waals surface area contributed by atoms with Crippen LogP contribution in [0.1, 0.15) is 17.0 Å². The first-order chi connectivity index (χ1) is 8.59. The Hall–Kier alpha value is -1.88. The summed E-state index contributed by atoms with van der Waals surface area (Å²) in [7, 11) is 0. The lowest BCUT2D eigenvalue weighted by Gasteiger charge is -2.01. The van der Waals surface area contributed by atoms with Crippen molar-refractivity contribution in [3.05, 3.63) is 56.4 Å². The Morgan fingerprint density at radius 1 is 1.39 bits per heavy atom. The lowest BCUT2D eigenvalue weighted by atomic mass is 10.1. The van der Waals surface area contributed by atoms with Crippen LogP contribution in [0.15, 0.2) is 28.8 Å². The van der Waals surface area contributed by atoms with Crippen molar-refractivity contribution in [3.63, 3.8) is 0 Å². The molecule has 0 atom stereocenters. The fraction of sp³-hybridized carbons (Fsp3) is 0.250. The van der Waals surface area contributed by atoms with E-state index in [-0.39, 0.29) is 11.4 Å². The van der Waals surface area contributed by atoms with E-state index in [0.717, 1.165) is 5.56 Å². The minimum absolute atomic E-state index is 0.0398. The van der Waals surface area contributed by atoms with Crippen molar-refractivity contribution < 1.29 is 9.45 Å². The Bertz CT molecular complexity index is 580. The van der Waals surface area contributed by atoms with E-state index in [1.54, 1.807) is 13.0 Å². The fourth-order valence-electron chi connectivity index (χ4n) is 1.76. The van der Waals surface area contributed by atoms with Gasteiger partial charge in [-0.15, -0.1) is 0 Å². The highest BCUT2D eigenvalue weighted by atomic mass is 35.5. The normalized spacial score (nSPS) is 10.6. The minimum atomic E-state index is -0.465. The summed E-state index contributed by atoms with van der Waals surface area (Å²) in [4.78, 5) is 10.4. The van der Waals surface area contributed by atoms with Gasteiger partial charge in [0.25, 0.3) is 0 Å². The van der Waals surface area contributed by atoms with Crippen molar-refractivity contribution in [2.45, 2.75) is 19.8 Å². The van der Waals surface area contributed by atoms with E-state index in [1.165, 1.54) is 0 Å². The Morgan fingerprint density at radius 3 is 2.78 bits per heavy atom. The number of hydrogen-bond donors (Lipinski definition) is 0. The van der Waals surface area contributed by atoms with Gasteiger partial charge < -0.3 is 4.52 Å². The summed E-state index contributed by atoms with van der Waals surface area (Å²) in [6.07, 6.45) is 0.982. The summed E-state index contributed by atoms with van der Waals surface area (Å²) in [5, 5.41) is 15.1. The van der Waals surface area contributed by atoms with Gasteiger partial charge in [0, 0.05) is 11.4 Å². The first-order valence-corrected chi connectivity index (χ1v) is 5.80. The summed E-state index contributed by atoms with van der Waals surface area (Å²) in [6.45, 7) is 1.56. The minimum Gasteiger partial charge on any atom is -0.354 e. The number of nitrogens with zero attached hydrogens (tertiary/aromatic N) is 2. The molecule has 6 heteroatoms. The Morgan fingerprint density at radius 2 is 2.11 bits per heavy atom. The number of aromatic nitrogens is 1. The Balaban J connectivity index is 2.16. The van der Waals surface area contributed by atoms with Gasteiger partial charge in [0.05, 0.1) is 4.92 Å². The maximum Gasteiger partial charge on any atom is 0.334 e. The van der Waals surface area contributed by atoms with Gasteiger partial charge in [0.2, 0.25) is 5.76 Å². The molecule has 0 spiro atoms. The van der Waals surface area contributed by atoms with Gasteiger partial charge in [-0.1, -0.05) is 35.0 Å². The summed E-state index contributed by atoms with van der Waals surface area (Å²) in [5.41, 5.74) is 1.19. The van der Waals surface area contributed by atoms with Gasteiger partial charge in [-0.05, 0) is 25.0 Å². The first kappa shape index (κ1) is 12.6. The zero-order valence-corrected chi connectivity index (χ0v) is 10.5. The SMILES string of the molecule is Cc1noc(CCc2ccccc2Cl)c1[N+](=O)[O-]. The van der Waals surface area contributed by atoms with Gasteiger partial charge in [-0.2, -0.15) is 0 Å². The molecule has 5 nitrogen and oxygen atoms in total. The van der Waals surface area contributed by atoms with Crippen molar-refractivity contribution in [3.8, 4) is 0 Å². The molecule has 1 heterocycles. The standard InChI is InChI=1S/C12H11ClN2O3/c1-8-12(15(16)17)11(18-14-8)7-6-9-4-2-3-5-10(9)13/h2-5H,6-7H2,1H3. The molecule has 1 aromatic heterocycles. The van der Waals surface area contributed by atoms with Crippen LogP contribution in [0.2, 0.25) is 5.02 Å². The number of benzene rings is 1. The Kier molecular flexibility index (Phi) is 3.62. The van der Waals surface area contributed by atoms with Gasteiger partial charge >= 0.3 is 5.69 Å². The summed E-state index contributed by atoms with van der Waals surface area (Å²) in [6, 6.07) is 7.39. The summed E-state index contributed by atoms with van der Waals surface area (Å²) in [5.74, 6) is 0.289. The molecule has 0 saturated heterocycles. The maximum atomic E-state index is 10.9. The van der Waals surface area contributed by atoms with Crippen molar-refractivity contribution in [1.29, 1.82) is 0 Å². The van der Waals surface area contributed by atoms with Crippen LogP contribution in [0.25, 0.3) is 0 Å². The van der Waals surface area contributed by atoms with E-state index in [2.05, 4.69) is 5.16 Å². The third-order valence-electron chi connectivity index (χ3n) is 2.66. The topological polar surface area (TPSA) is 69.2 Å². The molecule has 0 radical (unpaired) electrons. The Labute approximate surface area is 109 Å². The molecule has 0 amide bonds. The van der Waals surface area contributed by atoms with Crippen molar-refractivity contribution in [2.24, 2.45) is 0 Å². The van der Waals surface area contributed by atoms with E-state index in [0.29, 0.717) is 23.6 Å². The molecule has 18 heavy (non-hydrogen) atoms. The maximum absolute atomic E-state index is 10.9. The van der Waals surface area contributed by atoms with Crippen LogP contribution in [0.5, 0.6) is 0 Å². The molecule has 0 bridgehead atoms. The summed E-state index contributed by atoms with van der Waals surface area (Å²) < 4.78 is 4.98. The van der Waals surface area contributed by atoms with Gasteiger partial charge in [0.1, 0.15) is 0 Å². The predicted molar refractivity (Wildman–Crippen MR) is 66.8 cm³/mol. The summed E-state index contributed by atoms with van der Waals surface area (Å²) >= 11 is 6.02. The zero-order chi connectivity index (χ0) is 13.1. The van der Waals surface area contributed by atoms with E-state index < -0.39 is 4.92 Å². The first-order valence-electron chi connectivity index (χ1n) is 5.42. The highest BCUT2D eigenvalue weighted by molar-refractivity contribution is 6.31. The van der Waals surface area contributed by atoms with Crippen LogP contribution in [0.4, 0.5) is 5.69 Å². The van der Waals surface area contributed by atoms with Crippen molar-refractivity contribution in [1.82, 2.24) is 5.16 Å². The molecule has 0 unspecified atom stereocenters. The molecule has 1 aromatic carbocycles. The van der Waals surface area contributed by atoms with E-state index >= 15 is 0 Å². The second-order valence-corrected chi connectivity index (χ2v) is 4.30. The molecular formula is C12H11ClN2O3. The highest BCUT2D eigenvalue weighted by Crippen LogP contribution is 2.25. The average molecular weight is 267 g/mol. The molecule has 0 saturated carbocycles. The van der Waals surface area contributed by atoms with Crippen LogP contribution < -0.4 is 0 Å². The van der Waals surface area contributed by atoms with E-state index in [1.807, 2.05) is 18.2 Å². The third-order valence-corrected chi connectivity index (χ3v) is 3.03. The molecule has 0 aliphatic carbocycles. The quantitative estimate of drug-likeness (QED) is 0.629. The second kappa shape index (κ2) is 5.18. The van der Waals surface area contributed by atoms with Crippen LogP contribution in [-0.2, 0) is 12.8 Å². The molecule has 0 N–H and O–H groups in total. The largest absolute Gasteiger partial charge is 0.354 e. The second-order valence-electron chi connectivity index (χ2n) is 3.89. The van der Waals surface area contributed by atoms with Gasteiger partial charge in [-0.3, -0.25) is 10.1 Å². The molecule has 0 aliphatic heterocycles. The fourth-order valence-corrected chi connectivity index (χ4v) is 1.99. The van der Waals surface area contributed by atoms with Gasteiger partial charge in [-0.25, -0.2) is 0 Å². The average Bonchev–Trinajstić information content (AvgIpc) is 2.69. The molecule has 94 valence electrons. The van der Waals surface area contributed by atoms with Crippen molar-refractivity contribution >= 4 is 17.3 Å². The molecule has 2 aromatic rings. The van der Waals surface area contributed by atoms with E-state index in [4.69, 9.17) is 16.1 Å². The van der Waals surface area contributed by atoms with Crippen molar-refractivity contribution in [2.75, 3.05) is 0 Å². The number of rotatable bonds is 4. The van der Waals surface area contributed by atoms with E-state index in [9.17, 15) is 10.1 Å². The number of hydrogen-bond acceptors (Lipinski definition) is 4. The van der Waals surface area contributed by atoms with Crippen LogP contribution in [0, 0.1) is 17.0 Å². The molecule has 0 fully saturated rings. The van der Waals surface area contributed by atoms with Crippen LogP contribution in [-0.4, -0.2) is 10.1 Å². The molecule has 2 rings (SSSR count). The van der Waals surface area contributed by atoms with Gasteiger partial charge in [0.15, 0.2) is 5.69 Å². The molecule has 0 aliphatic rings. The third kappa shape index (κ3) is 2.51. The lowest BCUT2D eigenvalue weighted by molar-refractivity contribution is -0.386. The number of halogens is 1.